The predicted octanol–water partition coefficient (Wildman–Crippen LogP) is 3.43. The Balaban J connectivity index is 1.54. The Hall–Kier alpha value is -3.66. The molecule has 2 amide bonds. The fourth-order valence-corrected chi connectivity index (χ4v) is 6.39. The summed E-state index contributed by atoms with van der Waals surface area (Å²) in [5, 5.41) is 18.7. The number of hydrogen-bond acceptors (Lipinski definition) is 6. The lowest BCUT2D eigenvalue weighted by molar-refractivity contribution is -0.141. The van der Waals surface area contributed by atoms with Crippen molar-refractivity contribution in [2.45, 2.75) is 55.6 Å². The fourth-order valence-electron chi connectivity index (χ4n) is 4.91. The van der Waals surface area contributed by atoms with Crippen LogP contribution in [0.1, 0.15) is 30.5 Å². The maximum absolute atomic E-state index is 14.3. The molecule has 1 fully saturated rings. The summed E-state index contributed by atoms with van der Waals surface area (Å²) in [6, 6.07) is 27.3. The number of amides is 2. The van der Waals surface area contributed by atoms with Gasteiger partial charge in [0.25, 0.3) is 0 Å². The van der Waals surface area contributed by atoms with E-state index in [9.17, 15) is 19.5 Å². The van der Waals surface area contributed by atoms with Gasteiger partial charge < -0.3 is 20.6 Å². The van der Waals surface area contributed by atoms with Crippen LogP contribution in [0.5, 0.6) is 0 Å². The molecule has 3 aromatic rings. The number of hydrogen-bond donors (Lipinski definition) is 4. The fraction of sp³-hybridized carbons (Fsp3) is 0.344. The molecule has 0 saturated carbocycles. The highest BCUT2D eigenvalue weighted by molar-refractivity contribution is 8.01. The smallest absolute Gasteiger partial charge is 0.322 e. The number of benzene rings is 3. The maximum atomic E-state index is 14.3. The van der Waals surface area contributed by atoms with Gasteiger partial charge in [0.05, 0.1) is 11.8 Å². The Kier molecular flexibility index (Phi) is 10.6. The lowest BCUT2D eigenvalue weighted by Crippen LogP contribution is -2.58. The molecule has 9 heteroatoms. The molecule has 1 aliphatic rings. The van der Waals surface area contributed by atoms with Crippen LogP contribution in [0.15, 0.2) is 91.0 Å². The number of carboxylic acid groups (broad SMARTS) is 1. The molecule has 1 heterocycles. The molecule has 8 nitrogen and oxygen atoms in total. The third-order valence-electron chi connectivity index (χ3n) is 7.05. The molecule has 3 atom stereocenters. The van der Waals surface area contributed by atoms with Crippen molar-refractivity contribution in [2.24, 2.45) is 0 Å². The van der Waals surface area contributed by atoms with Gasteiger partial charge in [-0.05, 0) is 30.5 Å². The van der Waals surface area contributed by atoms with Gasteiger partial charge in [0, 0.05) is 30.9 Å². The normalized spacial score (nSPS) is 18.4. The molecule has 3 aromatic carbocycles. The van der Waals surface area contributed by atoms with E-state index < -0.39 is 28.2 Å². The maximum Gasteiger partial charge on any atom is 0.322 e. The van der Waals surface area contributed by atoms with Crippen LogP contribution >= 0.6 is 11.8 Å². The van der Waals surface area contributed by atoms with E-state index in [1.165, 1.54) is 11.8 Å². The Labute approximate surface area is 245 Å². The lowest BCUT2D eigenvalue weighted by atomic mass is 10.0. The Bertz CT molecular complexity index is 1290. The number of thioether (sulfide) groups is 1. The lowest BCUT2D eigenvalue weighted by Gasteiger charge is -2.31. The summed E-state index contributed by atoms with van der Waals surface area (Å²) in [5.74, 6) is -1.54. The summed E-state index contributed by atoms with van der Waals surface area (Å²) in [6.45, 7) is 5.67. The van der Waals surface area contributed by atoms with Crippen molar-refractivity contribution in [3.8, 4) is 0 Å². The highest BCUT2D eigenvalue weighted by Gasteiger charge is 2.49. The Morgan fingerprint density at radius 1 is 0.902 bits per heavy atom. The first-order valence-electron chi connectivity index (χ1n) is 13.8. The number of carbonyl (C=O) groups is 3. The van der Waals surface area contributed by atoms with Gasteiger partial charge in [-0.1, -0.05) is 91.0 Å². The van der Waals surface area contributed by atoms with Crippen molar-refractivity contribution < 1.29 is 19.5 Å². The predicted molar refractivity (Wildman–Crippen MR) is 162 cm³/mol. The molecule has 1 aliphatic heterocycles. The van der Waals surface area contributed by atoms with E-state index >= 15 is 0 Å². The molecule has 2 unspecified atom stereocenters. The van der Waals surface area contributed by atoms with Gasteiger partial charge in [-0.2, -0.15) is 0 Å². The number of nitrogens with zero attached hydrogens (tertiary/aromatic N) is 1. The van der Waals surface area contributed by atoms with E-state index in [1.807, 2.05) is 105 Å². The van der Waals surface area contributed by atoms with Gasteiger partial charge in [0.1, 0.15) is 12.1 Å². The third kappa shape index (κ3) is 8.66. The van der Waals surface area contributed by atoms with Crippen molar-refractivity contribution in [1.29, 1.82) is 0 Å². The van der Waals surface area contributed by atoms with E-state index in [0.717, 1.165) is 16.7 Å². The summed E-state index contributed by atoms with van der Waals surface area (Å²) in [7, 11) is 0. The van der Waals surface area contributed by atoms with Crippen LogP contribution in [0.2, 0.25) is 0 Å². The largest absolute Gasteiger partial charge is 0.480 e. The molecule has 0 aliphatic carbocycles. The molecule has 0 bridgehead atoms. The van der Waals surface area contributed by atoms with Gasteiger partial charge in [-0.3, -0.25) is 19.7 Å². The Morgan fingerprint density at radius 2 is 1.46 bits per heavy atom. The standard InChI is InChI=1S/C32H38N4O4S/c1-32(2)28(31(39)40)35-29(41-32)27(34-26(37)20-23-12-6-3-7-13-23)30(38)36(22-25-16-10-5-11-17-25)19-18-33-21-24-14-8-4-9-15-24/h3-17,27-29,33,35H,18-22H2,1-2H3,(H,34,37)(H,39,40)/t27?,28-,29?/m0/s1. The van der Waals surface area contributed by atoms with E-state index in [-0.39, 0.29) is 18.2 Å². The number of aliphatic carboxylic acids is 1. The minimum absolute atomic E-state index is 0.116. The van der Waals surface area contributed by atoms with E-state index in [4.69, 9.17) is 0 Å². The SMILES string of the molecule is CC1(C)SC(C(NC(=O)Cc2ccccc2)C(=O)N(CCNCc2ccccc2)Cc2ccccc2)N[C@H]1C(=O)O. The van der Waals surface area contributed by atoms with Gasteiger partial charge in [-0.15, -0.1) is 11.8 Å². The van der Waals surface area contributed by atoms with Crippen LogP contribution in [-0.4, -0.2) is 63.1 Å². The number of nitrogens with one attached hydrogen (secondary N) is 3. The van der Waals surface area contributed by atoms with Crippen molar-refractivity contribution >= 4 is 29.5 Å². The second-order valence-corrected chi connectivity index (χ2v) is 12.5. The topological polar surface area (TPSA) is 111 Å². The quantitative estimate of drug-likeness (QED) is 0.232. The third-order valence-corrected chi connectivity index (χ3v) is 8.56. The van der Waals surface area contributed by atoms with Crippen LogP contribution in [0.3, 0.4) is 0 Å². The first-order chi connectivity index (χ1) is 19.7. The molecule has 4 N–H and O–H groups in total. The average molecular weight is 575 g/mol. The van der Waals surface area contributed by atoms with Crippen LogP contribution in [-0.2, 0) is 33.9 Å². The summed E-state index contributed by atoms with van der Waals surface area (Å²) in [6.07, 6.45) is 0.116. The Morgan fingerprint density at radius 3 is 2.02 bits per heavy atom. The first kappa shape index (κ1) is 30.3. The zero-order valence-electron chi connectivity index (χ0n) is 23.5. The van der Waals surface area contributed by atoms with Crippen LogP contribution < -0.4 is 16.0 Å². The summed E-state index contributed by atoms with van der Waals surface area (Å²) in [5.41, 5.74) is 2.94. The van der Waals surface area contributed by atoms with Crippen molar-refractivity contribution in [3.63, 3.8) is 0 Å². The summed E-state index contributed by atoms with van der Waals surface area (Å²) >= 11 is 1.37. The summed E-state index contributed by atoms with van der Waals surface area (Å²) < 4.78 is -0.680. The number of rotatable bonds is 13. The molecule has 0 spiro atoms. The van der Waals surface area contributed by atoms with Crippen LogP contribution in [0.25, 0.3) is 0 Å². The molecule has 216 valence electrons. The molecule has 0 radical (unpaired) electrons. The molecular weight excluding hydrogens is 536 g/mol. The van der Waals surface area contributed by atoms with Crippen molar-refractivity contribution in [3.05, 3.63) is 108 Å². The first-order valence-corrected chi connectivity index (χ1v) is 14.7. The zero-order chi connectivity index (χ0) is 29.2. The average Bonchev–Trinajstić information content (AvgIpc) is 3.29. The molecule has 1 saturated heterocycles. The molecule has 41 heavy (non-hydrogen) atoms. The highest BCUT2D eigenvalue weighted by atomic mass is 32.2. The molecule has 4 rings (SSSR count). The van der Waals surface area contributed by atoms with Gasteiger partial charge >= 0.3 is 5.97 Å². The zero-order valence-corrected chi connectivity index (χ0v) is 24.3. The summed E-state index contributed by atoms with van der Waals surface area (Å²) in [4.78, 5) is 41.2. The minimum Gasteiger partial charge on any atom is -0.480 e. The van der Waals surface area contributed by atoms with Crippen molar-refractivity contribution in [2.75, 3.05) is 13.1 Å². The van der Waals surface area contributed by atoms with E-state index in [0.29, 0.717) is 26.2 Å². The van der Waals surface area contributed by atoms with Gasteiger partial charge in [0.2, 0.25) is 11.8 Å². The number of carboxylic acids is 1. The molecular formula is C32H38N4O4S. The van der Waals surface area contributed by atoms with Gasteiger partial charge in [-0.25, -0.2) is 0 Å². The monoisotopic (exact) mass is 574 g/mol. The second kappa shape index (κ2) is 14.3. The second-order valence-electron chi connectivity index (χ2n) is 10.7. The van der Waals surface area contributed by atoms with Crippen LogP contribution in [0, 0.1) is 0 Å². The number of carbonyl (C=O) groups excluding carboxylic acids is 2. The van der Waals surface area contributed by atoms with Crippen molar-refractivity contribution in [1.82, 2.24) is 20.9 Å². The van der Waals surface area contributed by atoms with E-state index in [2.05, 4.69) is 16.0 Å². The van der Waals surface area contributed by atoms with Crippen LogP contribution in [0.4, 0.5) is 0 Å². The highest BCUT2D eigenvalue weighted by Crippen LogP contribution is 2.39. The minimum atomic E-state index is -0.988. The molecule has 0 aromatic heterocycles. The van der Waals surface area contributed by atoms with E-state index in [1.54, 1.807) is 4.90 Å². The van der Waals surface area contributed by atoms with Gasteiger partial charge in [0.15, 0.2) is 0 Å².